The first-order valence-corrected chi connectivity index (χ1v) is 9.17. The van der Waals surface area contributed by atoms with Gasteiger partial charge in [-0.25, -0.2) is 0 Å². The molecule has 26 heavy (non-hydrogen) atoms. The molecule has 0 heterocycles. The van der Waals surface area contributed by atoms with E-state index in [1.807, 2.05) is 36.4 Å². The Kier molecular flexibility index (Phi) is 7.91. The second-order valence-corrected chi connectivity index (χ2v) is 6.70. The molecule has 2 aromatic carbocycles. The normalized spacial score (nSPS) is 10.0. The molecule has 4 nitrogen and oxygen atoms in total. The van der Waals surface area contributed by atoms with Crippen LogP contribution in [0.15, 0.2) is 65.7 Å². The summed E-state index contributed by atoms with van der Waals surface area (Å²) in [5.74, 6) is 0.847. The van der Waals surface area contributed by atoms with Gasteiger partial charge in [-0.15, -0.1) is 6.58 Å². The number of amides is 1. The van der Waals surface area contributed by atoms with Gasteiger partial charge >= 0.3 is 0 Å². The summed E-state index contributed by atoms with van der Waals surface area (Å²) in [6, 6.07) is 17.0. The standard InChI is InChI=1S/C21H21BrN2O2/c1-2-12-24(16-18-10-8-17(15-23)9-11-18)21(25)7-4-13-26-20-6-3-5-19(22)14-20/h2-3,5-6,8-11,14H,1,4,7,12-13,16H2. The highest BCUT2D eigenvalue weighted by atomic mass is 79.9. The van der Waals surface area contributed by atoms with E-state index >= 15 is 0 Å². The van der Waals surface area contributed by atoms with Crippen molar-refractivity contribution in [2.45, 2.75) is 19.4 Å². The summed E-state index contributed by atoms with van der Waals surface area (Å²) in [7, 11) is 0. The van der Waals surface area contributed by atoms with Crippen LogP contribution in [-0.2, 0) is 11.3 Å². The van der Waals surface area contributed by atoms with E-state index in [1.165, 1.54) is 0 Å². The third kappa shape index (κ3) is 6.38. The van der Waals surface area contributed by atoms with Crippen LogP contribution in [0.3, 0.4) is 0 Å². The van der Waals surface area contributed by atoms with Crippen molar-refractivity contribution in [2.75, 3.05) is 13.2 Å². The number of halogens is 1. The average molecular weight is 413 g/mol. The van der Waals surface area contributed by atoms with E-state index in [9.17, 15) is 4.79 Å². The quantitative estimate of drug-likeness (QED) is 0.443. The van der Waals surface area contributed by atoms with E-state index in [0.29, 0.717) is 38.1 Å². The number of nitrogens with zero attached hydrogens (tertiary/aromatic N) is 2. The van der Waals surface area contributed by atoms with Crippen molar-refractivity contribution in [2.24, 2.45) is 0 Å². The molecule has 0 fully saturated rings. The second-order valence-electron chi connectivity index (χ2n) is 5.78. The summed E-state index contributed by atoms with van der Waals surface area (Å²) in [6.07, 6.45) is 2.78. The number of benzene rings is 2. The molecule has 134 valence electrons. The Morgan fingerprint density at radius 2 is 2.04 bits per heavy atom. The molecule has 5 heteroatoms. The molecule has 2 rings (SSSR count). The molecule has 0 radical (unpaired) electrons. The predicted octanol–water partition coefficient (Wildman–Crippen LogP) is 4.69. The van der Waals surface area contributed by atoms with Gasteiger partial charge in [0.05, 0.1) is 18.2 Å². The van der Waals surface area contributed by atoms with E-state index in [1.54, 1.807) is 23.1 Å². The summed E-state index contributed by atoms with van der Waals surface area (Å²) in [5, 5.41) is 8.86. The minimum atomic E-state index is 0.0621. The molecule has 0 bridgehead atoms. The molecule has 0 saturated carbocycles. The number of nitriles is 1. The fourth-order valence-corrected chi connectivity index (χ4v) is 2.82. The fraction of sp³-hybridized carbons (Fsp3) is 0.238. The largest absolute Gasteiger partial charge is 0.494 e. The van der Waals surface area contributed by atoms with Crippen LogP contribution in [-0.4, -0.2) is 24.0 Å². The Labute approximate surface area is 162 Å². The fourth-order valence-electron chi connectivity index (χ4n) is 2.44. The number of hydrogen-bond acceptors (Lipinski definition) is 3. The second kappa shape index (κ2) is 10.4. The van der Waals surface area contributed by atoms with Crippen molar-refractivity contribution in [1.29, 1.82) is 5.26 Å². The Morgan fingerprint density at radius 1 is 1.27 bits per heavy atom. The number of hydrogen-bond donors (Lipinski definition) is 0. The minimum absolute atomic E-state index is 0.0621. The van der Waals surface area contributed by atoms with Crippen LogP contribution in [0.25, 0.3) is 0 Å². The zero-order chi connectivity index (χ0) is 18.8. The molecule has 2 aromatic rings. The van der Waals surface area contributed by atoms with Crippen LogP contribution in [0.1, 0.15) is 24.0 Å². The van der Waals surface area contributed by atoms with Gasteiger partial charge < -0.3 is 9.64 Å². The lowest BCUT2D eigenvalue weighted by Gasteiger charge is -2.21. The number of rotatable bonds is 9. The lowest BCUT2D eigenvalue weighted by molar-refractivity contribution is -0.131. The highest BCUT2D eigenvalue weighted by Gasteiger charge is 2.12. The van der Waals surface area contributed by atoms with Crippen molar-refractivity contribution < 1.29 is 9.53 Å². The lowest BCUT2D eigenvalue weighted by atomic mass is 10.1. The van der Waals surface area contributed by atoms with Crippen LogP contribution in [0.4, 0.5) is 0 Å². The van der Waals surface area contributed by atoms with E-state index in [2.05, 4.69) is 28.6 Å². The summed E-state index contributed by atoms with van der Waals surface area (Å²) in [6.45, 7) is 5.21. The Balaban J connectivity index is 1.83. The molecule has 0 unspecified atom stereocenters. The van der Waals surface area contributed by atoms with Crippen LogP contribution < -0.4 is 4.74 Å². The van der Waals surface area contributed by atoms with E-state index in [-0.39, 0.29) is 5.91 Å². The smallest absolute Gasteiger partial charge is 0.223 e. The number of ether oxygens (including phenoxy) is 1. The van der Waals surface area contributed by atoms with Crippen molar-refractivity contribution in [1.82, 2.24) is 4.90 Å². The Morgan fingerprint density at radius 3 is 2.69 bits per heavy atom. The van der Waals surface area contributed by atoms with Crippen molar-refractivity contribution in [3.05, 3.63) is 76.8 Å². The van der Waals surface area contributed by atoms with Gasteiger partial charge in [0.15, 0.2) is 0 Å². The maximum Gasteiger partial charge on any atom is 0.223 e. The minimum Gasteiger partial charge on any atom is -0.494 e. The summed E-state index contributed by atoms with van der Waals surface area (Å²) in [4.78, 5) is 14.2. The van der Waals surface area contributed by atoms with Gasteiger partial charge in [-0.3, -0.25) is 4.79 Å². The zero-order valence-corrected chi connectivity index (χ0v) is 16.1. The van der Waals surface area contributed by atoms with Crippen molar-refractivity contribution in [3.63, 3.8) is 0 Å². The third-order valence-electron chi connectivity index (χ3n) is 3.76. The van der Waals surface area contributed by atoms with Gasteiger partial charge in [0.2, 0.25) is 5.91 Å². The van der Waals surface area contributed by atoms with Crippen LogP contribution >= 0.6 is 15.9 Å². The summed E-state index contributed by atoms with van der Waals surface area (Å²) < 4.78 is 6.63. The van der Waals surface area contributed by atoms with Crippen LogP contribution in [0.5, 0.6) is 5.75 Å². The molecule has 0 aromatic heterocycles. The maximum absolute atomic E-state index is 12.5. The SMILES string of the molecule is C=CCN(Cc1ccc(C#N)cc1)C(=O)CCCOc1cccc(Br)c1. The highest BCUT2D eigenvalue weighted by Crippen LogP contribution is 2.18. The maximum atomic E-state index is 12.5. The lowest BCUT2D eigenvalue weighted by Crippen LogP contribution is -2.30. The Bertz CT molecular complexity index is 781. The van der Waals surface area contributed by atoms with E-state index < -0.39 is 0 Å². The molecule has 0 N–H and O–H groups in total. The average Bonchev–Trinajstić information content (AvgIpc) is 2.65. The molecule has 0 spiro atoms. The van der Waals surface area contributed by atoms with Gasteiger partial charge in [-0.2, -0.15) is 5.26 Å². The predicted molar refractivity (Wildman–Crippen MR) is 106 cm³/mol. The Hall–Kier alpha value is -2.58. The van der Waals surface area contributed by atoms with Gasteiger partial charge in [-0.05, 0) is 42.3 Å². The van der Waals surface area contributed by atoms with Crippen molar-refractivity contribution in [3.8, 4) is 11.8 Å². The van der Waals surface area contributed by atoms with Crippen LogP contribution in [0.2, 0.25) is 0 Å². The molecule has 0 aliphatic rings. The van der Waals surface area contributed by atoms with Gasteiger partial charge in [-0.1, -0.05) is 40.2 Å². The summed E-state index contributed by atoms with van der Waals surface area (Å²) >= 11 is 3.40. The number of carbonyl (C=O) groups is 1. The molecular weight excluding hydrogens is 392 g/mol. The first-order valence-electron chi connectivity index (χ1n) is 8.38. The number of carbonyl (C=O) groups excluding carboxylic acids is 1. The first-order chi connectivity index (χ1) is 12.6. The monoisotopic (exact) mass is 412 g/mol. The molecule has 0 aliphatic heterocycles. The molecule has 0 atom stereocenters. The van der Waals surface area contributed by atoms with E-state index in [4.69, 9.17) is 10.00 Å². The van der Waals surface area contributed by atoms with Crippen LogP contribution in [0, 0.1) is 11.3 Å². The highest BCUT2D eigenvalue weighted by molar-refractivity contribution is 9.10. The molecule has 1 amide bonds. The van der Waals surface area contributed by atoms with Gasteiger partial charge in [0.1, 0.15) is 5.75 Å². The zero-order valence-electron chi connectivity index (χ0n) is 14.5. The third-order valence-corrected chi connectivity index (χ3v) is 4.25. The van der Waals surface area contributed by atoms with Gasteiger partial charge in [0.25, 0.3) is 0 Å². The van der Waals surface area contributed by atoms with Gasteiger partial charge in [0, 0.05) is 24.0 Å². The molecular formula is C21H21BrN2O2. The van der Waals surface area contributed by atoms with E-state index in [0.717, 1.165) is 15.8 Å². The molecule has 0 aliphatic carbocycles. The molecule has 0 saturated heterocycles. The first kappa shape index (κ1) is 19.7. The summed E-state index contributed by atoms with van der Waals surface area (Å²) in [5.41, 5.74) is 1.60. The topological polar surface area (TPSA) is 53.3 Å². The van der Waals surface area contributed by atoms with Crippen molar-refractivity contribution >= 4 is 21.8 Å².